The van der Waals surface area contributed by atoms with Gasteiger partial charge in [-0.3, -0.25) is 9.59 Å². The summed E-state index contributed by atoms with van der Waals surface area (Å²) in [4.78, 5) is 30.0. The van der Waals surface area contributed by atoms with Gasteiger partial charge in [0.2, 0.25) is 0 Å². The molecule has 2 unspecified atom stereocenters. The molecule has 1 aromatic heterocycles. The molecule has 1 saturated heterocycles. The standard InChI is InChI=1S/C23H29N3O3S/c1-15-13-26(3)10-8-17-5-6-18(12-19(15)17)24-22(28)23(9-11-29-14-23)25-21(27)20-7-4-16(2)30-20/h4-7,12,15H,8-11,13-14H2,1-3H3,(H,24,28)(H,25,27). The Hall–Kier alpha value is -2.22. The van der Waals surface area contributed by atoms with E-state index in [1.165, 1.54) is 22.5 Å². The predicted octanol–water partition coefficient (Wildman–Crippen LogP) is 3.18. The summed E-state index contributed by atoms with van der Waals surface area (Å²) in [6, 6.07) is 9.87. The van der Waals surface area contributed by atoms with E-state index in [-0.39, 0.29) is 18.4 Å². The number of carbonyl (C=O) groups excluding carboxylic acids is 2. The van der Waals surface area contributed by atoms with E-state index in [9.17, 15) is 9.59 Å². The number of fused-ring (bicyclic) bond motifs is 1. The van der Waals surface area contributed by atoms with Crippen molar-refractivity contribution in [2.45, 2.75) is 38.1 Å². The summed E-state index contributed by atoms with van der Waals surface area (Å²) in [5.41, 5.74) is 2.34. The molecule has 0 bridgehead atoms. The average Bonchev–Trinajstić information content (AvgIpc) is 3.33. The number of hydrogen-bond donors (Lipinski definition) is 2. The first-order valence-corrected chi connectivity index (χ1v) is 11.3. The van der Waals surface area contributed by atoms with Crippen LogP contribution in [0.15, 0.2) is 30.3 Å². The van der Waals surface area contributed by atoms with Crippen LogP contribution in [0, 0.1) is 6.92 Å². The van der Waals surface area contributed by atoms with E-state index >= 15 is 0 Å². The number of rotatable bonds is 4. The molecule has 2 atom stereocenters. The van der Waals surface area contributed by atoms with Gasteiger partial charge in [0.15, 0.2) is 0 Å². The monoisotopic (exact) mass is 427 g/mol. The van der Waals surface area contributed by atoms with Crippen LogP contribution in [0.5, 0.6) is 0 Å². The number of amides is 2. The number of aryl methyl sites for hydroxylation is 1. The van der Waals surface area contributed by atoms with Crippen molar-refractivity contribution in [1.82, 2.24) is 10.2 Å². The number of hydrogen-bond acceptors (Lipinski definition) is 5. The van der Waals surface area contributed by atoms with Gasteiger partial charge in [-0.25, -0.2) is 0 Å². The molecule has 0 radical (unpaired) electrons. The van der Waals surface area contributed by atoms with Crippen LogP contribution in [0.3, 0.4) is 0 Å². The van der Waals surface area contributed by atoms with Crippen molar-refractivity contribution in [2.24, 2.45) is 0 Å². The van der Waals surface area contributed by atoms with Crippen molar-refractivity contribution >= 4 is 28.8 Å². The number of likely N-dealkylation sites (N-methyl/N-ethyl adjacent to an activating group) is 1. The molecule has 2 aliphatic heterocycles. The minimum absolute atomic E-state index is 0.182. The zero-order valence-electron chi connectivity index (χ0n) is 17.8. The first-order valence-electron chi connectivity index (χ1n) is 10.5. The quantitative estimate of drug-likeness (QED) is 0.786. The summed E-state index contributed by atoms with van der Waals surface area (Å²) in [6.07, 6.45) is 1.47. The van der Waals surface area contributed by atoms with Crippen molar-refractivity contribution in [2.75, 3.05) is 38.7 Å². The maximum atomic E-state index is 13.3. The Morgan fingerprint density at radius 2 is 2.10 bits per heavy atom. The van der Waals surface area contributed by atoms with Gasteiger partial charge >= 0.3 is 0 Å². The fourth-order valence-electron chi connectivity index (χ4n) is 4.31. The highest BCUT2D eigenvalue weighted by molar-refractivity contribution is 7.13. The molecule has 1 fully saturated rings. The molecule has 2 N–H and O–H groups in total. The van der Waals surface area contributed by atoms with E-state index in [0.29, 0.717) is 23.8 Å². The van der Waals surface area contributed by atoms with Crippen LogP contribution < -0.4 is 10.6 Å². The Kier molecular flexibility index (Phi) is 5.95. The first kappa shape index (κ1) is 21.0. The zero-order chi connectivity index (χ0) is 21.3. The number of anilines is 1. The van der Waals surface area contributed by atoms with E-state index in [1.807, 2.05) is 19.1 Å². The van der Waals surface area contributed by atoms with E-state index in [0.717, 1.165) is 30.1 Å². The molecule has 1 aromatic carbocycles. The second kappa shape index (κ2) is 8.49. The lowest BCUT2D eigenvalue weighted by Gasteiger charge is -2.27. The van der Waals surface area contributed by atoms with Crippen molar-refractivity contribution in [3.8, 4) is 0 Å². The van der Waals surface area contributed by atoms with Gasteiger partial charge in [0.05, 0.1) is 11.5 Å². The first-order chi connectivity index (χ1) is 14.4. The fraction of sp³-hybridized carbons (Fsp3) is 0.478. The van der Waals surface area contributed by atoms with Crippen LogP contribution in [0.4, 0.5) is 5.69 Å². The second-order valence-corrected chi connectivity index (χ2v) is 9.82. The number of nitrogens with one attached hydrogen (secondary N) is 2. The Balaban J connectivity index is 1.52. The van der Waals surface area contributed by atoms with Gasteiger partial charge in [-0.1, -0.05) is 13.0 Å². The smallest absolute Gasteiger partial charge is 0.262 e. The second-order valence-electron chi connectivity index (χ2n) is 8.53. The van der Waals surface area contributed by atoms with E-state index in [1.54, 1.807) is 6.07 Å². The molecule has 2 amide bonds. The van der Waals surface area contributed by atoms with Crippen molar-refractivity contribution < 1.29 is 14.3 Å². The summed E-state index contributed by atoms with van der Waals surface area (Å²) in [6.45, 7) is 6.85. The number of benzene rings is 1. The molecule has 0 spiro atoms. The SMILES string of the molecule is Cc1ccc(C(=O)NC2(C(=O)Nc3ccc4c(c3)C(C)CN(C)CC4)CCOC2)s1. The van der Waals surface area contributed by atoms with Crippen LogP contribution >= 0.6 is 11.3 Å². The maximum absolute atomic E-state index is 13.3. The molecule has 4 rings (SSSR count). The lowest BCUT2D eigenvalue weighted by Crippen LogP contribution is -2.57. The molecule has 160 valence electrons. The van der Waals surface area contributed by atoms with Crippen LogP contribution in [-0.2, 0) is 16.0 Å². The van der Waals surface area contributed by atoms with Gasteiger partial charge in [0.1, 0.15) is 5.54 Å². The number of ether oxygens (including phenoxy) is 1. The molecule has 3 heterocycles. The van der Waals surface area contributed by atoms with E-state index in [4.69, 9.17) is 4.74 Å². The van der Waals surface area contributed by atoms with Crippen LogP contribution in [0.25, 0.3) is 0 Å². The summed E-state index contributed by atoms with van der Waals surface area (Å²) in [7, 11) is 2.15. The Morgan fingerprint density at radius 3 is 2.80 bits per heavy atom. The Labute approximate surface area is 181 Å². The summed E-state index contributed by atoms with van der Waals surface area (Å²) < 4.78 is 5.52. The molecule has 0 aliphatic carbocycles. The third kappa shape index (κ3) is 4.29. The van der Waals surface area contributed by atoms with Gasteiger partial charge in [-0.15, -0.1) is 11.3 Å². The summed E-state index contributed by atoms with van der Waals surface area (Å²) in [5.74, 6) is -0.0535. The summed E-state index contributed by atoms with van der Waals surface area (Å²) >= 11 is 1.42. The van der Waals surface area contributed by atoms with Crippen molar-refractivity contribution in [3.05, 3.63) is 51.2 Å². The van der Waals surface area contributed by atoms with Gasteiger partial charge < -0.3 is 20.3 Å². The highest BCUT2D eigenvalue weighted by Gasteiger charge is 2.44. The topological polar surface area (TPSA) is 70.7 Å². The van der Waals surface area contributed by atoms with Crippen LogP contribution in [-0.4, -0.2) is 55.6 Å². The third-order valence-electron chi connectivity index (χ3n) is 6.06. The lowest BCUT2D eigenvalue weighted by atomic mass is 9.94. The molecule has 30 heavy (non-hydrogen) atoms. The van der Waals surface area contributed by atoms with Crippen molar-refractivity contribution in [1.29, 1.82) is 0 Å². The fourth-order valence-corrected chi connectivity index (χ4v) is 5.08. The Morgan fingerprint density at radius 1 is 1.27 bits per heavy atom. The predicted molar refractivity (Wildman–Crippen MR) is 119 cm³/mol. The summed E-state index contributed by atoms with van der Waals surface area (Å²) in [5, 5.41) is 6.00. The number of thiophene rings is 1. The number of nitrogens with zero attached hydrogens (tertiary/aromatic N) is 1. The number of carbonyl (C=O) groups is 2. The van der Waals surface area contributed by atoms with E-state index < -0.39 is 5.54 Å². The molecule has 6 nitrogen and oxygen atoms in total. The molecule has 0 saturated carbocycles. The van der Waals surface area contributed by atoms with Gasteiger partial charge in [-0.05, 0) is 61.7 Å². The highest BCUT2D eigenvalue weighted by Crippen LogP contribution is 2.29. The highest BCUT2D eigenvalue weighted by atomic mass is 32.1. The van der Waals surface area contributed by atoms with E-state index in [2.05, 4.69) is 41.6 Å². The van der Waals surface area contributed by atoms with Gasteiger partial charge in [0.25, 0.3) is 11.8 Å². The Bertz CT molecular complexity index is 949. The molecule has 7 heteroatoms. The molecule has 2 aliphatic rings. The van der Waals surface area contributed by atoms with Gasteiger partial charge in [0, 0.05) is 36.7 Å². The van der Waals surface area contributed by atoms with Crippen LogP contribution in [0.1, 0.15) is 44.9 Å². The minimum Gasteiger partial charge on any atom is -0.378 e. The molecule has 2 aromatic rings. The van der Waals surface area contributed by atoms with Crippen molar-refractivity contribution in [3.63, 3.8) is 0 Å². The zero-order valence-corrected chi connectivity index (χ0v) is 18.6. The average molecular weight is 428 g/mol. The largest absolute Gasteiger partial charge is 0.378 e. The van der Waals surface area contributed by atoms with Crippen LogP contribution in [0.2, 0.25) is 0 Å². The normalized spacial score (nSPS) is 24.2. The lowest BCUT2D eigenvalue weighted by molar-refractivity contribution is -0.122. The third-order valence-corrected chi connectivity index (χ3v) is 7.06. The molecular formula is C23H29N3O3S. The van der Waals surface area contributed by atoms with Gasteiger partial charge in [-0.2, -0.15) is 0 Å². The maximum Gasteiger partial charge on any atom is 0.262 e. The molecular weight excluding hydrogens is 398 g/mol. The minimum atomic E-state index is -1.05.